The second-order valence-corrected chi connectivity index (χ2v) is 8.86. The minimum Gasteiger partial charge on any atom is -0.508 e. The molecule has 2 aliphatic rings. The summed E-state index contributed by atoms with van der Waals surface area (Å²) < 4.78 is 7.56. The molecule has 2 aliphatic heterocycles. The van der Waals surface area contributed by atoms with Gasteiger partial charge in [0.05, 0.1) is 12.9 Å². The molecular formula is C26H25N5O4. The largest absolute Gasteiger partial charge is 0.508 e. The Morgan fingerprint density at radius 1 is 1.17 bits per heavy atom. The highest BCUT2D eigenvalue weighted by molar-refractivity contribution is 6.05. The van der Waals surface area contributed by atoms with Gasteiger partial charge in [0.25, 0.3) is 5.91 Å². The smallest absolute Gasteiger partial charge is 0.328 e. The normalized spacial score (nSPS) is 19.3. The maximum absolute atomic E-state index is 13.7. The van der Waals surface area contributed by atoms with Crippen molar-refractivity contribution >= 4 is 22.8 Å². The highest BCUT2D eigenvalue weighted by Gasteiger charge is 2.52. The number of carbonyl (C=O) groups excluding carboxylic acids is 2. The third kappa shape index (κ3) is 3.42. The molecule has 0 spiro atoms. The molecule has 1 fully saturated rings. The number of aromatic hydroxyl groups is 1. The number of hydrogen-bond donors (Lipinski definition) is 2. The van der Waals surface area contributed by atoms with Crippen LogP contribution in [0.4, 0.5) is 4.79 Å². The van der Waals surface area contributed by atoms with Crippen molar-refractivity contribution in [2.75, 3.05) is 13.2 Å². The summed E-state index contributed by atoms with van der Waals surface area (Å²) in [6.45, 7) is 3.23. The van der Waals surface area contributed by atoms with Gasteiger partial charge in [0.1, 0.15) is 23.6 Å². The lowest BCUT2D eigenvalue weighted by Gasteiger charge is -2.36. The summed E-state index contributed by atoms with van der Waals surface area (Å²) >= 11 is 0. The number of ether oxygens (including phenoxy) is 1. The lowest BCUT2D eigenvalue weighted by Crippen LogP contribution is -2.44. The van der Waals surface area contributed by atoms with E-state index in [1.807, 2.05) is 35.8 Å². The number of nitrogens with zero attached hydrogens (tertiary/aromatic N) is 4. The molecule has 4 aromatic rings. The average Bonchev–Trinajstić information content (AvgIpc) is 3.55. The Balaban J connectivity index is 1.45. The Kier molecular flexibility index (Phi) is 4.98. The fourth-order valence-electron chi connectivity index (χ4n) is 5.29. The summed E-state index contributed by atoms with van der Waals surface area (Å²) in [6.07, 6.45) is 5.55. The van der Waals surface area contributed by atoms with Crippen LogP contribution in [0.3, 0.4) is 0 Å². The van der Waals surface area contributed by atoms with Gasteiger partial charge in [0, 0.05) is 48.5 Å². The molecule has 2 aromatic heterocycles. The van der Waals surface area contributed by atoms with Crippen LogP contribution in [0.25, 0.3) is 10.9 Å². The van der Waals surface area contributed by atoms with Crippen molar-refractivity contribution in [3.63, 3.8) is 0 Å². The zero-order valence-electron chi connectivity index (χ0n) is 19.2. The Labute approximate surface area is 201 Å². The van der Waals surface area contributed by atoms with E-state index in [0.717, 1.165) is 33.5 Å². The summed E-state index contributed by atoms with van der Waals surface area (Å²) in [7, 11) is 0. The number of phenolic OH excluding ortho intramolecular Hbond substituents is 1. The number of carbonyl (C=O) groups is 2. The van der Waals surface area contributed by atoms with E-state index in [9.17, 15) is 14.7 Å². The fraction of sp³-hybridized carbons (Fsp3) is 0.269. The molecule has 2 unspecified atom stereocenters. The maximum atomic E-state index is 13.7. The average molecular weight is 472 g/mol. The number of nitrogens with one attached hydrogen (secondary N) is 1. The van der Waals surface area contributed by atoms with Crippen LogP contribution < -0.4 is 4.74 Å². The number of aromatic nitrogens is 3. The Morgan fingerprint density at radius 3 is 2.83 bits per heavy atom. The van der Waals surface area contributed by atoms with E-state index in [4.69, 9.17) is 4.74 Å². The van der Waals surface area contributed by atoms with Crippen LogP contribution in [0.5, 0.6) is 11.5 Å². The summed E-state index contributed by atoms with van der Waals surface area (Å²) in [4.78, 5) is 37.7. The molecule has 2 N–H and O–H groups in total. The maximum Gasteiger partial charge on any atom is 0.328 e. The van der Waals surface area contributed by atoms with Crippen molar-refractivity contribution in [3.05, 3.63) is 78.0 Å². The van der Waals surface area contributed by atoms with Gasteiger partial charge in [-0.1, -0.05) is 12.1 Å². The summed E-state index contributed by atoms with van der Waals surface area (Å²) in [6, 6.07) is 11.3. The van der Waals surface area contributed by atoms with E-state index in [1.165, 1.54) is 4.90 Å². The number of H-pyrrole nitrogens is 1. The molecule has 0 saturated carbocycles. The van der Waals surface area contributed by atoms with Gasteiger partial charge in [-0.3, -0.25) is 14.6 Å². The lowest BCUT2D eigenvalue weighted by molar-refractivity contribution is -0.128. The van der Waals surface area contributed by atoms with Gasteiger partial charge < -0.3 is 19.4 Å². The zero-order valence-corrected chi connectivity index (χ0v) is 19.2. The quantitative estimate of drug-likeness (QED) is 0.419. The highest BCUT2D eigenvalue weighted by atomic mass is 16.5. The summed E-state index contributed by atoms with van der Waals surface area (Å²) in [5.41, 5.74) is 3.51. The second kappa shape index (κ2) is 8.19. The Bertz CT molecular complexity index is 1430. The predicted molar refractivity (Wildman–Crippen MR) is 128 cm³/mol. The van der Waals surface area contributed by atoms with Gasteiger partial charge in [-0.25, -0.2) is 9.78 Å². The van der Waals surface area contributed by atoms with Crippen LogP contribution in [0.2, 0.25) is 0 Å². The molecule has 1 saturated heterocycles. The second-order valence-electron chi connectivity index (χ2n) is 8.86. The first-order chi connectivity index (χ1) is 17.0. The zero-order chi connectivity index (χ0) is 24.1. The molecule has 4 heterocycles. The van der Waals surface area contributed by atoms with Crippen LogP contribution in [0.1, 0.15) is 29.8 Å². The number of phenols is 1. The third-order valence-corrected chi connectivity index (χ3v) is 6.84. The first-order valence-corrected chi connectivity index (χ1v) is 11.7. The molecule has 9 heteroatoms. The predicted octanol–water partition coefficient (Wildman–Crippen LogP) is 3.45. The molecule has 0 radical (unpaired) electrons. The Morgan fingerprint density at radius 2 is 2.06 bits per heavy atom. The topological polar surface area (TPSA) is 104 Å². The minimum absolute atomic E-state index is 0.107. The monoisotopic (exact) mass is 471 g/mol. The number of imidazole rings is 1. The number of aromatic amines is 1. The van der Waals surface area contributed by atoms with Gasteiger partial charge >= 0.3 is 6.03 Å². The van der Waals surface area contributed by atoms with E-state index in [2.05, 4.69) is 9.97 Å². The van der Waals surface area contributed by atoms with E-state index in [0.29, 0.717) is 19.6 Å². The van der Waals surface area contributed by atoms with Gasteiger partial charge in [0.2, 0.25) is 0 Å². The van der Waals surface area contributed by atoms with Gasteiger partial charge in [-0.2, -0.15) is 0 Å². The first kappa shape index (κ1) is 21.3. The van der Waals surface area contributed by atoms with E-state index < -0.39 is 12.1 Å². The molecule has 9 nitrogen and oxygen atoms in total. The van der Waals surface area contributed by atoms with Crippen molar-refractivity contribution in [2.45, 2.75) is 32.0 Å². The van der Waals surface area contributed by atoms with E-state index >= 15 is 0 Å². The molecule has 0 aliphatic carbocycles. The van der Waals surface area contributed by atoms with Crippen molar-refractivity contribution in [3.8, 4) is 11.5 Å². The Hall–Kier alpha value is -4.27. The number of urea groups is 1. The van der Waals surface area contributed by atoms with Gasteiger partial charge in [0.15, 0.2) is 0 Å². The first-order valence-electron chi connectivity index (χ1n) is 11.7. The number of fused-ring (bicyclic) bond motifs is 4. The van der Waals surface area contributed by atoms with Crippen LogP contribution >= 0.6 is 0 Å². The number of benzene rings is 2. The number of imide groups is 1. The third-order valence-electron chi connectivity index (χ3n) is 6.84. The van der Waals surface area contributed by atoms with Crippen LogP contribution in [0.15, 0.2) is 61.2 Å². The van der Waals surface area contributed by atoms with Crippen molar-refractivity contribution in [2.24, 2.45) is 0 Å². The standard InChI is InChI=1S/C26H25N5O4/c1-2-35-18-6-7-21-19(13-18)20-14-22-25(33)30(11-10-29-9-8-27-15-29)26(34)31(22)24(23(20)28-21)16-4-3-5-17(32)12-16/h3-9,12-13,15,22,24,28,32H,2,10-11,14H2,1H3. The summed E-state index contributed by atoms with van der Waals surface area (Å²) in [5.74, 6) is 0.658. The number of amides is 3. The van der Waals surface area contributed by atoms with Gasteiger partial charge in [-0.05, 0) is 48.4 Å². The van der Waals surface area contributed by atoms with Gasteiger partial charge in [-0.15, -0.1) is 0 Å². The number of hydrogen-bond acceptors (Lipinski definition) is 5. The fourth-order valence-corrected chi connectivity index (χ4v) is 5.29. The molecule has 3 amide bonds. The SMILES string of the molecule is CCOc1ccc2[nH]c3c(c2c1)CC1C(=O)N(CCn2ccnc2)C(=O)N1C3c1cccc(O)c1. The molecule has 0 bridgehead atoms. The minimum atomic E-state index is -0.625. The molecule has 178 valence electrons. The van der Waals surface area contributed by atoms with Crippen LogP contribution in [0, 0.1) is 0 Å². The van der Waals surface area contributed by atoms with E-state index in [-0.39, 0.29) is 24.2 Å². The highest BCUT2D eigenvalue weighted by Crippen LogP contribution is 2.44. The van der Waals surface area contributed by atoms with Crippen molar-refractivity contribution in [1.29, 1.82) is 0 Å². The molecule has 35 heavy (non-hydrogen) atoms. The molecule has 2 atom stereocenters. The summed E-state index contributed by atoms with van der Waals surface area (Å²) in [5, 5.41) is 11.2. The van der Waals surface area contributed by atoms with Crippen molar-refractivity contribution in [1.82, 2.24) is 24.3 Å². The van der Waals surface area contributed by atoms with Crippen LogP contribution in [-0.2, 0) is 17.8 Å². The van der Waals surface area contributed by atoms with E-state index in [1.54, 1.807) is 41.8 Å². The van der Waals surface area contributed by atoms with Crippen LogP contribution in [-0.4, -0.2) is 60.6 Å². The molecular weight excluding hydrogens is 446 g/mol. The molecule has 6 rings (SSSR count). The lowest BCUT2D eigenvalue weighted by atomic mass is 9.89. The number of rotatable bonds is 6. The molecule has 2 aromatic carbocycles. The van der Waals surface area contributed by atoms with Crippen molar-refractivity contribution < 1.29 is 19.4 Å².